The number of carboxylic acids is 1. The minimum absolute atomic E-state index is 0.0675. The first-order valence-corrected chi connectivity index (χ1v) is 6.77. The Bertz CT molecular complexity index is 560. The second kappa shape index (κ2) is 5.99. The lowest BCUT2D eigenvalue weighted by atomic mass is 9.90. The van der Waals surface area contributed by atoms with Crippen LogP contribution in [0.25, 0.3) is 0 Å². The van der Waals surface area contributed by atoms with Gasteiger partial charge in [0.1, 0.15) is 17.5 Å². The number of benzene rings is 1. The summed E-state index contributed by atoms with van der Waals surface area (Å²) in [4.78, 5) is 23.9. The number of hydrogen-bond donors (Lipinski definition) is 1. The van der Waals surface area contributed by atoms with Gasteiger partial charge in [-0.15, -0.1) is 0 Å². The molecular formula is C14H18N2O5. The fourth-order valence-corrected chi connectivity index (χ4v) is 2.85. The Hall–Kier alpha value is -2.31. The van der Waals surface area contributed by atoms with Crippen LogP contribution in [-0.4, -0.2) is 35.7 Å². The molecule has 21 heavy (non-hydrogen) atoms. The zero-order chi connectivity index (χ0) is 15.6. The lowest BCUT2D eigenvalue weighted by molar-refractivity contribution is -0.384. The molecule has 0 radical (unpaired) electrons. The van der Waals surface area contributed by atoms with E-state index in [-0.39, 0.29) is 11.6 Å². The molecule has 1 N–H and O–H groups in total. The zero-order valence-corrected chi connectivity index (χ0v) is 12.0. The number of rotatable bonds is 4. The first-order chi connectivity index (χ1) is 9.95. The van der Waals surface area contributed by atoms with Gasteiger partial charge in [0.25, 0.3) is 5.69 Å². The number of anilines is 1. The number of nitrogens with zero attached hydrogens (tertiary/aromatic N) is 2. The first-order valence-electron chi connectivity index (χ1n) is 6.77. The highest BCUT2D eigenvalue weighted by Gasteiger charge is 2.37. The van der Waals surface area contributed by atoms with Gasteiger partial charge in [-0.2, -0.15) is 0 Å². The van der Waals surface area contributed by atoms with Gasteiger partial charge in [0, 0.05) is 18.7 Å². The Kier molecular flexibility index (Phi) is 4.30. The Morgan fingerprint density at radius 3 is 2.81 bits per heavy atom. The van der Waals surface area contributed by atoms with Crippen LogP contribution in [0.3, 0.4) is 0 Å². The molecule has 0 aromatic heterocycles. The number of hydrogen-bond acceptors (Lipinski definition) is 5. The fourth-order valence-electron chi connectivity index (χ4n) is 2.85. The Morgan fingerprint density at radius 1 is 1.52 bits per heavy atom. The standard InChI is InChI=1S/C14H18N2O5/c1-9-4-3-7-15(13(9)14(17)18)12-8-10(21-2)5-6-11(12)16(19)20/h5-6,8-9,13H,3-4,7H2,1-2H3,(H,17,18). The summed E-state index contributed by atoms with van der Waals surface area (Å²) in [6.45, 7) is 2.34. The topological polar surface area (TPSA) is 92.9 Å². The summed E-state index contributed by atoms with van der Waals surface area (Å²) >= 11 is 0. The van der Waals surface area contributed by atoms with Crippen molar-refractivity contribution in [2.75, 3.05) is 18.6 Å². The van der Waals surface area contributed by atoms with Crippen molar-refractivity contribution in [2.24, 2.45) is 5.92 Å². The Labute approximate surface area is 122 Å². The van der Waals surface area contributed by atoms with Gasteiger partial charge in [-0.25, -0.2) is 4.79 Å². The Balaban J connectivity index is 2.51. The largest absolute Gasteiger partial charge is 0.497 e. The molecule has 2 rings (SSSR count). The summed E-state index contributed by atoms with van der Waals surface area (Å²) in [6, 6.07) is 3.63. The van der Waals surface area contributed by atoms with Crippen molar-refractivity contribution in [2.45, 2.75) is 25.8 Å². The van der Waals surface area contributed by atoms with Crippen LogP contribution in [0, 0.1) is 16.0 Å². The molecule has 1 aliphatic rings. The van der Waals surface area contributed by atoms with Crippen molar-refractivity contribution in [3.05, 3.63) is 28.3 Å². The molecule has 1 heterocycles. The lowest BCUT2D eigenvalue weighted by Gasteiger charge is -2.38. The maximum absolute atomic E-state index is 11.5. The molecule has 1 saturated heterocycles. The van der Waals surface area contributed by atoms with Gasteiger partial charge in [0.05, 0.1) is 12.0 Å². The SMILES string of the molecule is COc1ccc([N+](=O)[O-])c(N2CCCC(C)C2C(=O)O)c1. The molecular weight excluding hydrogens is 276 g/mol. The van der Waals surface area contributed by atoms with Crippen LogP contribution < -0.4 is 9.64 Å². The van der Waals surface area contributed by atoms with E-state index >= 15 is 0 Å². The monoisotopic (exact) mass is 294 g/mol. The lowest BCUT2D eigenvalue weighted by Crippen LogP contribution is -2.49. The summed E-state index contributed by atoms with van der Waals surface area (Å²) in [5.74, 6) is -0.556. The van der Waals surface area contributed by atoms with Gasteiger partial charge in [-0.05, 0) is 24.8 Å². The smallest absolute Gasteiger partial charge is 0.326 e. The van der Waals surface area contributed by atoms with Gasteiger partial charge in [-0.1, -0.05) is 6.92 Å². The van der Waals surface area contributed by atoms with E-state index in [0.717, 1.165) is 12.8 Å². The maximum Gasteiger partial charge on any atom is 0.326 e. The highest BCUT2D eigenvalue weighted by atomic mass is 16.6. The molecule has 7 nitrogen and oxygen atoms in total. The van der Waals surface area contributed by atoms with E-state index in [0.29, 0.717) is 18.0 Å². The summed E-state index contributed by atoms with van der Waals surface area (Å²) in [6.07, 6.45) is 1.60. The van der Waals surface area contributed by atoms with E-state index in [2.05, 4.69) is 0 Å². The van der Waals surface area contributed by atoms with Crippen LogP contribution in [-0.2, 0) is 4.79 Å². The van der Waals surface area contributed by atoms with E-state index in [1.807, 2.05) is 6.92 Å². The van der Waals surface area contributed by atoms with Crippen LogP contribution >= 0.6 is 0 Å². The predicted molar refractivity (Wildman–Crippen MR) is 76.8 cm³/mol. The number of methoxy groups -OCH3 is 1. The second-order valence-corrected chi connectivity index (χ2v) is 5.21. The van der Waals surface area contributed by atoms with Gasteiger partial charge >= 0.3 is 5.97 Å². The number of ether oxygens (including phenoxy) is 1. The molecule has 0 amide bonds. The van der Waals surface area contributed by atoms with E-state index in [1.54, 1.807) is 4.90 Å². The number of carboxylic acid groups (broad SMARTS) is 1. The summed E-state index contributed by atoms with van der Waals surface area (Å²) in [7, 11) is 1.47. The van der Waals surface area contributed by atoms with E-state index in [4.69, 9.17) is 4.74 Å². The molecule has 1 aliphatic heterocycles. The molecule has 0 spiro atoms. The van der Waals surface area contributed by atoms with Gasteiger partial charge in [-0.3, -0.25) is 10.1 Å². The number of carbonyl (C=O) groups is 1. The third kappa shape index (κ3) is 2.91. The second-order valence-electron chi connectivity index (χ2n) is 5.21. The van der Waals surface area contributed by atoms with Crippen molar-refractivity contribution >= 4 is 17.3 Å². The van der Waals surface area contributed by atoms with E-state index in [1.165, 1.54) is 25.3 Å². The number of nitro benzene ring substituents is 1. The predicted octanol–water partition coefficient (Wildman–Crippen LogP) is 2.29. The Morgan fingerprint density at radius 2 is 2.24 bits per heavy atom. The average molecular weight is 294 g/mol. The van der Waals surface area contributed by atoms with Crippen LogP contribution in [0.4, 0.5) is 11.4 Å². The third-order valence-electron chi connectivity index (χ3n) is 3.87. The summed E-state index contributed by atoms with van der Waals surface area (Å²) in [5, 5.41) is 20.7. The summed E-state index contributed by atoms with van der Waals surface area (Å²) in [5.41, 5.74) is 0.203. The van der Waals surface area contributed by atoms with Gasteiger partial charge in [0.2, 0.25) is 0 Å². The highest BCUT2D eigenvalue weighted by Crippen LogP contribution is 2.37. The molecule has 2 unspecified atom stereocenters. The van der Waals surface area contributed by atoms with Crippen LogP contribution in [0.2, 0.25) is 0 Å². The third-order valence-corrected chi connectivity index (χ3v) is 3.87. The van der Waals surface area contributed by atoms with Crippen molar-refractivity contribution < 1.29 is 19.6 Å². The average Bonchev–Trinajstić information content (AvgIpc) is 2.45. The van der Waals surface area contributed by atoms with Crippen LogP contribution in [0.5, 0.6) is 5.75 Å². The molecule has 2 atom stereocenters. The van der Waals surface area contributed by atoms with E-state index < -0.39 is 16.9 Å². The molecule has 1 aromatic rings. The maximum atomic E-state index is 11.5. The zero-order valence-electron chi connectivity index (χ0n) is 12.0. The highest BCUT2D eigenvalue weighted by molar-refractivity contribution is 5.81. The quantitative estimate of drug-likeness (QED) is 0.676. The van der Waals surface area contributed by atoms with Crippen molar-refractivity contribution in [3.8, 4) is 5.75 Å². The fraction of sp³-hybridized carbons (Fsp3) is 0.500. The minimum Gasteiger partial charge on any atom is -0.497 e. The number of nitro groups is 1. The molecule has 0 bridgehead atoms. The number of aliphatic carboxylic acids is 1. The summed E-state index contributed by atoms with van der Waals surface area (Å²) < 4.78 is 5.11. The molecule has 0 saturated carbocycles. The number of piperidine rings is 1. The van der Waals surface area contributed by atoms with Crippen molar-refractivity contribution in [1.29, 1.82) is 0 Å². The van der Waals surface area contributed by atoms with Crippen LogP contribution in [0.1, 0.15) is 19.8 Å². The molecule has 7 heteroatoms. The first kappa shape index (κ1) is 15.1. The molecule has 1 fully saturated rings. The van der Waals surface area contributed by atoms with Crippen LogP contribution in [0.15, 0.2) is 18.2 Å². The minimum atomic E-state index is -0.959. The van der Waals surface area contributed by atoms with Gasteiger partial charge in [0.15, 0.2) is 0 Å². The molecule has 1 aromatic carbocycles. The normalized spacial score (nSPS) is 21.9. The van der Waals surface area contributed by atoms with Crippen molar-refractivity contribution in [3.63, 3.8) is 0 Å². The van der Waals surface area contributed by atoms with Gasteiger partial charge < -0.3 is 14.7 Å². The molecule has 0 aliphatic carbocycles. The van der Waals surface area contributed by atoms with Crippen molar-refractivity contribution in [1.82, 2.24) is 0 Å². The van der Waals surface area contributed by atoms with E-state index in [9.17, 15) is 20.0 Å². The molecule has 114 valence electrons.